The zero-order valence-electron chi connectivity index (χ0n) is 16.3. The quantitative estimate of drug-likeness (QED) is 0.281. The molecule has 1 amide bonds. The second-order valence-electron chi connectivity index (χ2n) is 6.38. The summed E-state index contributed by atoms with van der Waals surface area (Å²) < 4.78 is 4.58. The molecule has 28 heavy (non-hydrogen) atoms. The van der Waals surface area contributed by atoms with Gasteiger partial charge in [0.1, 0.15) is 0 Å². The maximum absolute atomic E-state index is 11.7. The number of benzene rings is 2. The molecule has 0 aliphatic heterocycles. The number of amides is 1. The van der Waals surface area contributed by atoms with Crippen LogP contribution in [0.5, 0.6) is 0 Å². The van der Waals surface area contributed by atoms with Gasteiger partial charge in [0.25, 0.3) is 0 Å². The number of unbranched alkanes of at least 4 members (excludes halogenated alkanes) is 2. The molecule has 4 heteroatoms. The molecule has 0 radical (unpaired) electrons. The third-order valence-electron chi connectivity index (χ3n) is 4.25. The van der Waals surface area contributed by atoms with Gasteiger partial charge in [-0.2, -0.15) is 0 Å². The zero-order valence-corrected chi connectivity index (χ0v) is 16.3. The summed E-state index contributed by atoms with van der Waals surface area (Å²) in [5, 5.41) is 2.83. The summed E-state index contributed by atoms with van der Waals surface area (Å²) in [4.78, 5) is 22.7. The molecule has 0 spiro atoms. The lowest BCUT2D eigenvalue weighted by Crippen LogP contribution is -2.22. The van der Waals surface area contributed by atoms with Gasteiger partial charge in [0.15, 0.2) is 0 Å². The highest BCUT2D eigenvalue weighted by molar-refractivity contribution is 5.87. The Kier molecular flexibility index (Phi) is 9.28. The maximum Gasteiger partial charge on any atom is 0.305 e. The Balaban J connectivity index is 1.67. The number of rotatable bonds is 10. The molecule has 0 aliphatic rings. The molecule has 0 fully saturated rings. The lowest BCUT2D eigenvalue weighted by molar-refractivity contribution is -0.140. The van der Waals surface area contributed by atoms with Crippen LogP contribution in [0.2, 0.25) is 0 Å². The smallest absolute Gasteiger partial charge is 0.305 e. The largest absolute Gasteiger partial charge is 0.469 e. The molecule has 0 saturated carbocycles. The van der Waals surface area contributed by atoms with Crippen molar-refractivity contribution >= 4 is 18.0 Å². The van der Waals surface area contributed by atoms with E-state index in [0.717, 1.165) is 24.8 Å². The van der Waals surface area contributed by atoms with Gasteiger partial charge >= 0.3 is 5.97 Å². The van der Waals surface area contributed by atoms with Gasteiger partial charge in [0, 0.05) is 19.0 Å². The highest BCUT2D eigenvalue weighted by atomic mass is 16.5. The van der Waals surface area contributed by atoms with Crippen molar-refractivity contribution in [1.82, 2.24) is 5.32 Å². The molecule has 0 aliphatic carbocycles. The summed E-state index contributed by atoms with van der Waals surface area (Å²) in [6.45, 7) is 0.606. The molecule has 2 aromatic rings. The Labute approximate surface area is 166 Å². The summed E-state index contributed by atoms with van der Waals surface area (Å²) >= 11 is 0. The standard InChI is InChI=1S/C24H27NO3/c1-28-24(27)14-6-3-9-19-25-23(26)13-8-7-10-20-15-17-22(18-16-20)21-11-4-2-5-12-21/h2,4-5,7-8,10-13,15-18H,3,6,9,14,19H2,1H3,(H,25,26). The minimum Gasteiger partial charge on any atom is -0.469 e. The molecule has 0 aromatic heterocycles. The van der Waals surface area contributed by atoms with Crippen LogP contribution in [0.3, 0.4) is 0 Å². The predicted octanol–water partition coefficient (Wildman–Crippen LogP) is 4.77. The Hall–Kier alpha value is -3.14. The van der Waals surface area contributed by atoms with Gasteiger partial charge in [0.05, 0.1) is 7.11 Å². The summed E-state index contributed by atoms with van der Waals surface area (Å²) in [6, 6.07) is 18.5. The topological polar surface area (TPSA) is 55.4 Å². The number of methoxy groups -OCH3 is 1. The van der Waals surface area contributed by atoms with Crippen LogP contribution in [0, 0.1) is 0 Å². The number of carbonyl (C=O) groups is 2. The van der Waals surface area contributed by atoms with Crippen molar-refractivity contribution in [3.63, 3.8) is 0 Å². The molecule has 4 nitrogen and oxygen atoms in total. The molecular formula is C24H27NO3. The minimum absolute atomic E-state index is 0.114. The van der Waals surface area contributed by atoms with Crippen LogP contribution < -0.4 is 5.32 Å². The van der Waals surface area contributed by atoms with E-state index in [2.05, 4.69) is 46.5 Å². The van der Waals surface area contributed by atoms with Gasteiger partial charge in [-0.15, -0.1) is 0 Å². The van der Waals surface area contributed by atoms with Crippen LogP contribution in [-0.4, -0.2) is 25.5 Å². The third kappa shape index (κ3) is 8.04. The van der Waals surface area contributed by atoms with E-state index >= 15 is 0 Å². The van der Waals surface area contributed by atoms with Crippen LogP contribution in [0.1, 0.15) is 31.2 Å². The maximum atomic E-state index is 11.7. The number of nitrogens with one attached hydrogen (secondary N) is 1. The Morgan fingerprint density at radius 1 is 0.893 bits per heavy atom. The summed E-state index contributed by atoms with van der Waals surface area (Å²) in [7, 11) is 1.39. The van der Waals surface area contributed by atoms with E-state index in [1.165, 1.54) is 24.3 Å². The first-order valence-corrected chi connectivity index (χ1v) is 9.54. The highest BCUT2D eigenvalue weighted by Crippen LogP contribution is 2.19. The molecule has 0 bridgehead atoms. The van der Waals surface area contributed by atoms with Crippen molar-refractivity contribution in [1.29, 1.82) is 0 Å². The second kappa shape index (κ2) is 12.3. The van der Waals surface area contributed by atoms with Crippen LogP contribution in [-0.2, 0) is 14.3 Å². The summed E-state index contributed by atoms with van der Waals surface area (Å²) in [6.07, 6.45) is 10.0. The number of esters is 1. The van der Waals surface area contributed by atoms with Crippen molar-refractivity contribution in [3.05, 3.63) is 78.4 Å². The third-order valence-corrected chi connectivity index (χ3v) is 4.25. The van der Waals surface area contributed by atoms with E-state index in [1.54, 1.807) is 6.08 Å². The number of carbonyl (C=O) groups excluding carboxylic acids is 2. The highest BCUT2D eigenvalue weighted by Gasteiger charge is 1.99. The first kappa shape index (κ1) is 21.2. The van der Waals surface area contributed by atoms with E-state index in [4.69, 9.17) is 0 Å². The molecule has 0 saturated heterocycles. The van der Waals surface area contributed by atoms with Crippen LogP contribution in [0.25, 0.3) is 17.2 Å². The molecule has 1 N–H and O–H groups in total. The number of allylic oxidation sites excluding steroid dienone is 2. The average molecular weight is 377 g/mol. The van der Waals surface area contributed by atoms with Gasteiger partial charge in [-0.1, -0.05) is 79.2 Å². The van der Waals surface area contributed by atoms with Crippen molar-refractivity contribution in [3.8, 4) is 11.1 Å². The summed E-state index contributed by atoms with van der Waals surface area (Å²) in [5.74, 6) is -0.300. The van der Waals surface area contributed by atoms with E-state index in [0.29, 0.717) is 13.0 Å². The van der Waals surface area contributed by atoms with Crippen molar-refractivity contribution in [2.45, 2.75) is 25.7 Å². The first-order valence-electron chi connectivity index (χ1n) is 9.54. The lowest BCUT2D eigenvalue weighted by Gasteiger charge is -2.02. The van der Waals surface area contributed by atoms with Crippen molar-refractivity contribution in [2.24, 2.45) is 0 Å². The number of hydrogen-bond acceptors (Lipinski definition) is 3. The Morgan fingerprint density at radius 2 is 1.61 bits per heavy atom. The monoisotopic (exact) mass is 377 g/mol. The molecule has 2 rings (SSSR count). The van der Waals surface area contributed by atoms with E-state index in [1.807, 2.05) is 30.4 Å². The molecular weight excluding hydrogens is 350 g/mol. The van der Waals surface area contributed by atoms with E-state index in [-0.39, 0.29) is 11.9 Å². The molecule has 0 atom stereocenters. The van der Waals surface area contributed by atoms with Gasteiger partial charge in [-0.25, -0.2) is 0 Å². The fourth-order valence-electron chi connectivity index (χ4n) is 2.67. The Bertz CT molecular complexity index is 792. The predicted molar refractivity (Wildman–Crippen MR) is 114 cm³/mol. The number of hydrogen-bond donors (Lipinski definition) is 1. The van der Waals surface area contributed by atoms with Crippen LogP contribution in [0.4, 0.5) is 0 Å². The molecule has 0 unspecified atom stereocenters. The van der Waals surface area contributed by atoms with E-state index < -0.39 is 0 Å². The first-order chi connectivity index (χ1) is 13.7. The Morgan fingerprint density at radius 3 is 2.32 bits per heavy atom. The van der Waals surface area contributed by atoms with Crippen LogP contribution in [0.15, 0.2) is 72.8 Å². The zero-order chi connectivity index (χ0) is 20.0. The molecule has 146 valence electrons. The van der Waals surface area contributed by atoms with Crippen molar-refractivity contribution in [2.75, 3.05) is 13.7 Å². The van der Waals surface area contributed by atoms with Crippen molar-refractivity contribution < 1.29 is 14.3 Å². The second-order valence-corrected chi connectivity index (χ2v) is 6.38. The van der Waals surface area contributed by atoms with Gasteiger partial charge in [0.2, 0.25) is 5.91 Å². The fraction of sp³-hybridized carbons (Fsp3) is 0.250. The SMILES string of the molecule is COC(=O)CCCCCNC(=O)C=CC=Cc1ccc(-c2ccccc2)cc1. The van der Waals surface area contributed by atoms with Gasteiger partial charge in [-0.3, -0.25) is 9.59 Å². The van der Waals surface area contributed by atoms with Gasteiger partial charge in [-0.05, 0) is 29.5 Å². The van der Waals surface area contributed by atoms with Crippen LogP contribution >= 0.6 is 0 Å². The van der Waals surface area contributed by atoms with Gasteiger partial charge < -0.3 is 10.1 Å². The summed E-state index contributed by atoms with van der Waals surface area (Å²) in [5.41, 5.74) is 3.45. The minimum atomic E-state index is -0.187. The molecule has 0 heterocycles. The lowest BCUT2D eigenvalue weighted by atomic mass is 10.0. The fourth-order valence-corrected chi connectivity index (χ4v) is 2.67. The molecule has 2 aromatic carbocycles. The normalized spacial score (nSPS) is 11.0. The van der Waals surface area contributed by atoms with E-state index in [9.17, 15) is 9.59 Å². The average Bonchev–Trinajstić information content (AvgIpc) is 2.74. The number of ether oxygens (including phenoxy) is 1.